The quantitative estimate of drug-likeness (QED) is 0.837. The molecule has 0 aliphatic carbocycles. The van der Waals surface area contributed by atoms with Crippen molar-refractivity contribution in [2.75, 3.05) is 19.0 Å². The Balaban J connectivity index is 2.48. The number of aryl methyl sites for hydroxylation is 2. The number of nitrogens with zero attached hydrogens (tertiary/aromatic N) is 5. The van der Waals surface area contributed by atoms with E-state index in [-0.39, 0.29) is 0 Å². The Bertz CT molecular complexity index is 571. The third-order valence-corrected chi connectivity index (χ3v) is 2.96. The molecule has 7 heteroatoms. The first kappa shape index (κ1) is 15.4. The van der Waals surface area contributed by atoms with E-state index in [4.69, 9.17) is 4.74 Å². The number of methoxy groups -OCH3 is 1. The average Bonchev–Trinajstić information content (AvgIpc) is 2.91. The zero-order valence-corrected chi connectivity index (χ0v) is 13.1. The molecular weight excluding hydrogens is 268 g/mol. The topological polar surface area (TPSA) is 77.8 Å². The van der Waals surface area contributed by atoms with Crippen LogP contribution in [0.25, 0.3) is 5.82 Å². The van der Waals surface area contributed by atoms with E-state index in [1.165, 1.54) is 0 Å². The summed E-state index contributed by atoms with van der Waals surface area (Å²) in [5.41, 5.74) is 0. The Hall–Kier alpha value is -2.02. The fraction of sp³-hybridized carbons (Fsp3) is 0.571. The minimum absolute atomic E-state index is 0.364. The highest BCUT2D eigenvalue weighted by Crippen LogP contribution is 2.14. The summed E-state index contributed by atoms with van der Waals surface area (Å²) in [6, 6.07) is 1.88. The highest BCUT2D eigenvalue weighted by Gasteiger charge is 2.13. The molecule has 0 spiro atoms. The molecule has 114 valence electrons. The van der Waals surface area contributed by atoms with Crippen LogP contribution >= 0.6 is 0 Å². The van der Waals surface area contributed by atoms with Crippen LogP contribution in [0.5, 0.6) is 0 Å². The summed E-state index contributed by atoms with van der Waals surface area (Å²) in [4.78, 5) is 13.4. The van der Waals surface area contributed by atoms with E-state index >= 15 is 0 Å². The summed E-state index contributed by atoms with van der Waals surface area (Å²) in [6.45, 7) is 7.28. The predicted octanol–water partition coefficient (Wildman–Crippen LogP) is 1.76. The molecule has 0 bridgehead atoms. The van der Waals surface area contributed by atoms with Crippen molar-refractivity contribution in [1.82, 2.24) is 24.7 Å². The molecule has 0 saturated heterocycles. The average molecular weight is 290 g/mol. The smallest absolute Gasteiger partial charge is 0.161 e. The minimum atomic E-state index is 0.364. The van der Waals surface area contributed by atoms with Gasteiger partial charge >= 0.3 is 0 Å². The van der Waals surface area contributed by atoms with Gasteiger partial charge in [-0.15, -0.1) is 5.10 Å². The number of aromatic nitrogens is 5. The maximum absolute atomic E-state index is 5.14. The molecule has 2 aromatic heterocycles. The number of anilines is 1. The van der Waals surface area contributed by atoms with Gasteiger partial charge in [-0.05, 0) is 6.92 Å². The van der Waals surface area contributed by atoms with E-state index < -0.39 is 0 Å². The molecule has 0 amide bonds. The molecule has 2 rings (SSSR count). The second-order valence-corrected chi connectivity index (χ2v) is 4.55. The van der Waals surface area contributed by atoms with Gasteiger partial charge in [-0.25, -0.2) is 15.0 Å². The molecule has 21 heavy (non-hydrogen) atoms. The fourth-order valence-corrected chi connectivity index (χ4v) is 2.01. The third kappa shape index (κ3) is 3.55. The van der Waals surface area contributed by atoms with Crippen LogP contribution < -0.4 is 5.32 Å². The SMILES string of the molecule is CCNc1cc(-n2nc(CC)nc2CC)nc(COC)n1. The molecule has 0 atom stereocenters. The van der Waals surface area contributed by atoms with Gasteiger partial charge in [0, 0.05) is 32.6 Å². The normalized spacial score (nSPS) is 10.9. The highest BCUT2D eigenvalue weighted by molar-refractivity contribution is 5.41. The van der Waals surface area contributed by atoms with Crippen LogP contribution in [-0.2, 0) is 24.2 Å². The van der Waals surface area contributed by atoms with Crippen LogP contribution in [0, 0.1) is 0 Å². The molecule has 7 nitrogen and oxygen atoms in total. The van der Waals surface area contributed by atoms with E-state index in [9.17, 15) is 0 Å². The molecule has 0 radical (unpaired) electrons. The van der Waals surface area contributed by atoms with Crippen LogP contribution in [0.2, 0.25) is 0 Å². The molecule has 0 unspecified atom stereocenters. The summed E-state index contributed by atoms with van der Waals surface area (Å²) < 4.78 is 6.93. The van der Waals surface area contributed by atoms with Gasteiger partial charge in [0.05, 0.1) is 0 Å². The standard InChI is InChI=1S/C14H22N6O/c1-5-10-17-13(6-2)20(19-10)14-8-11(15-7-3)16-12(18-14)9-21-4/h8H,5-7,9H2,1-4H3,(H,15,16,18). The fourth-order valence-electron chi connectivity index (χ4n) is 2.01. The Morgan fingerprint density at radius 1 is 1.10 bits per heavy atom. The molecule has 0 aliphatic rings. The van der Waals surface area contributed by atoms with Crippen LogP contribution in [0.4, 0.5) is 5.82 Å². The Labute approximate surface area is 124 Å². The maximum atomic E-state index is 5.14. The lowest BCUT2D eigenvalue weighted by atomic mass is 10.4. The zero-order valence-electron chi connectivity index (χ0n) is 13.1. The first-order valence-corrected chi connectivity index (χ1v) is 7.27. The van der Waals surface area contributed by atoms with Crippen molar-refractivity contribution < 1.29 is 4.74 Å². The molecule has 2 aromatic rings. The van der Waals surface area contributed by atoms with E-state index in [0.29, 0.717) is 12.4 Å². The Kier molecular flexibility index (Phi) is 5.21. The van der Waals surface area contributed by atoms with E-state index in [1.54, 1.807) is 11.8 Å². The number of ether oxygens (including phenoxy) is 1. The number of nitrogens with one attached hydrogen (secondary N) is 1. The van der Waals surface area contributed by atoms with Crippen LogP contribution in [0.15, 0.2) is 6.07 Å². The van der Waals surface area contributed by atoms with Gasteiger partial charge in [-0.2, -0.15) is 4.68 Å². The van der Waals surface area contributed by atoms with Crippen molar-refractivity contribution >= 4 is 5.82 Å². The third-order valence-electron chi connectivity index (χ3n) is 2.96. The summed E-state index contributed by atoms with van der Waals surface area (Å²) >= 11 is 0. The lowest BCUT2D eigenvalue weighted by Crippen LogP contribution is -2.11. The van der Waals surface area contributed by atoms with Gasteiger partial charge in [0.2, 0.25) is 0 Å². The predicted molar refractivity (Wildman–Crippen MR) is 80.6 cm³/mol. The van der Waals surface area contributed by atoms with Gasteiger partial charge in [0.1, 0.15) is 18.2 Å². The molecule has 0 aliphatic heterocycles. The molecule has 0 aromatic carbocycles. The number of rotatable bonds is 7. The largest absolute Gasteiger partial charge is 0.377 e. The van der Waals surface area contributed by atoms with Crippen LogP contribution in [0.1, 0.15) is 38.2 Å². The van der Waals surface area contributed by atoms with Crippen molar-refractivity contribution in [2.45, 2.75) is 40.2 Å². The molecule has 0 saturated carbocycles. The summed E-state index contributed by atoms with van der Waals surface area (Å²) in [5, 5.41) is 7.73. The van der Waals surface area contributed by atoms with Crippen molar-refractivity contribution in [1.29, 1.82) is 0 Å². The molecule has 1 N–H and O–H groups in total. The minimum Gasteiger partial charge on any atom is -0.377 e. The first-order chi connectivity index (χ1) is 10.2. The molecule has 0 fully saturated rings. The Morgan fingerprint density at radius 3 is 2.52 bits per heavy atom. The first-order valence-electron chi connectivity index (χ1n) is 7.27. The van der Waals surface area contributed by atoms with Crippen molar-refractivity contribution in [3.8, 4) is 5.82 Å². The second kappa shape index (κ2) is 7.12. The lowest BCUT2D eigenvalue weighted by molar-refractivity contribution is 0.178. The highest BCUT2D eigenvalue weighted by atomic mass is 16.5. The van der Waals surface area contributed by atoms with Crippen molar-refractivity contribution in [2.24, 2.45) is 0 Å². The Morgan fingerprint density at radius 2 is 1.90 bits per heavy atom. The summed E-state index contributed by atoms with van der Waals surface area (Å²) in [5.74, 6) is 3.84. The van der Waals surface area contributed by atoms with E-state index in [1.807, 2.05) is 19.9 Å². The van der Waals surface area contributed by atoms with Gasteiger partial charge in [0.25, 0.3) is 0 Å². The van der Waals surface area contributed by atoms with Gasteiger partial charge < -0.3 is 10.1 Å². The van der Waals surface area contributed by atoms with Crippen LogP contribution in [0.3, 0.4) is 0 Å². The number of hydrogen-bond donors (Lipinski definition) is 1. The van der Waals surface area contributed by atoms with Crippen LogP contribution in [-0.4, -0.2) is 38.4 Å². The van der Waals surface area contributed by atoms with E-state index in [0.717, 1.165) is 42.7 Å². The maximum Gasteiger partial charge on any atom is 0.161 e. The summed E-state index contributed by atoms with van der Waals surface area (Å²) in [6.07, 6.45) is 1.60. The van der Waals surface area contributed by atoms with E-state index in [2.05, 4.69) is 32.3 Å². The monoisotopic (exact) mass is 290 g/mol. The van der Waals surface area contributed by atoms with Crippen molar-refractivity contribution in [3.63, 3.8) is 0 Å². The molecular formula is C14H22N6O. The van der Waals surface area contributed by atoms with Gasteiger partial charge in [0.15, 0.2) is 17.5 Å². The lowest BCUT2D eigenvalue weighted by Gasteiger charge is -2.09. The molecule has 2 heterocycles. The second-order valence-electron chi connectivity index (χ2n) is 4.55. The van der Waals surface area contributed by atoms with Crippen molar-refractivity contribution in [3.05, 3.63) is 23.5 Å². The van der Waals surface area contributed by atoms with Gasteiger partial charge in [-0.1, -0.05) is 13.8 Å². The summed E-state index contributed by atoms with van der Waals surface area (Å²) in [7, 11) is 1.63. The van der Waals surface area contributed by atoms with Gasteiger partial charge in [-0.3, -0.25) is 0 Å². The number of hydrogen-bond acceptors (Lipinski definition) is 6. The zero-order chi connectivity index (χ0) is 15.2.